The van der Waals surface area contributed by atoms with Crippen LogP contribution in [0, 0.1) is 0 Å². The largest absolute Gasteiger partial charge is 0.378 e. The van der Waals surface area contributed by atoms with Crippen molar-refractivity contribution < 1.29 is 9.53 Å². The van der Waals surface area contributed by atoms with E-state index >= 15 is 0 Å². The minimum absolute atomic E-state index is 0.599. The van der Waals surface area contributed by atoms with E-state index in [-0.39, 0.29) is 0 Å². The smallest absolute Gasteiger partial charge is 0.225 e. The maximum absolute atomic E-state index is 10.2. The van der Waals surface area contributed by atoms with Gasteiger partial charge >= 0.3 is 0 Å². The zero-order valence-corrected chi connectivity index (χ0v) is 8.22. The van der Waals surface area contributed by atoms with Crippen molar-refractivity contribution in [3.05, 3.63) is 12.4 Å². The molecule has 2 rings (SSSR count). The third-order valence-corrected chi connectivity index (χ3v) is 2.16. The first kappa shape index (κ1) is 9.85. The van der Waals surface area contributed by atoms with E-state index in [9.17, 15) is 4.79 Å². The van der Waals surface area contributed by atoms with Crippen LogP contribution in [-0.2, 0) is 9.53 Å². The van der Waals surface area contributed by atoms with E-state index in [2.05, 4.69) is 15.3 Å². The number of anilines is 2. The standard InChI is InChI=1S/C9H12N4O2/c14-7-12-8-5-10-9(11-6-8)13-1-3-15-4-2-13/h5-7H,1-4H2,(H,12,14). The first-order chi connectivity index (χ1) is 7.40. The maximum Gasteiger partial charge on any atom is 0.225 e. The lowest BCUT2D eigenvalue weighted by Crippen LogP contribution is -2.37. The first-order valence-corrected chi connectivity index (χ1v) is 4.75. The van der Waals surface area contributed by atoms with Crippen molar-refractivity contribution in [1.82, 2.24) is 9.97 Å². The summed E-state index contributed by atoms with van der Waals surface area (Å²) in [6.45, 7) is 3.02. The van der Waals surface area contributed by atoms with Crippen molar-refractivity contribution in [2.24, 2.45) is 0 Å². The summed E-state index contributed by atoms with van der Waals surface area (Å²) in [6.07, 6.45) is 3.78. The highest BCUT2D eigenvalue weighted by Gasteiger charge is 2.12. The second kappa shape index (κ2) is 4.70. The highest BCUT2D eigenvalue weighted by Crippen LogP contribution is 2.10. The molecule has 1 aliphatic heterocycles. The molecule has 6 heteroatoms. The molecule has 1 aromatic heterocycles. The molecule has 15 heavy (non-hydrogen) atoms. The molecule has 0 spiro atoms. The van der Waals surface area contributed by atoms with Gasteiger partial charge in [-0.05, 0) is 0 Å². The third kappa shape index (κ3) is 2.41. The molecule has 1 aromatic rings. The van der Waals surface area contributed by atoms with Gasteiger partial charge < -0.3 is 15.0 Å². The fourth-order valence-electron chi connectivity index (χ4n) is 1.39. The number of hydrogen-bond acceptors (Lipinski definition) is 5. The van der Waals surface area contributed by atoms with Gasteiger partial charge in [0.15, 0.2) is 0 Å². The van der Waals surface area contributed by atoms with Gasteiger partial charge in [0, 0.05) is 13.1 Å². The Morgan fingerprint density at radius 3 is 2.60 bits per heavy atom. The number of nitrogens with zero attached hydrogens (tertiary/aromatic N) is 3. The molecular weight excluding hydrogens is 196 g/mol. The summed E-state index contributed by atoms with van der Waals surface area (Å²) in [6, 6.07) is 0. The van der Waals surface area contributed by atoms with Crippen molar-refractivity contribution >= 4 is 18.0 Å². The van der Waals surface area contributed by atoms with Gasteiger partial charge in [0.1, 0.15) is 0 Å². The Balaban J connectivity index is 2.04. The Bertz CT molecular complexity index is 321. The van der Waals surface area contributed by atoms with Crippen LogP contribution in [0.15, 0.2) is 12.4 Å². The van der Waals surface area contributed by atoms with E-state index in [1.54, 1.807) is 12.4 Å². The van der Waals surface area contributed by atoms with Crippen LogP contribution in [0.2, 0.25) is 0 Å². The maximum atomic E-state index is 10.2. The average molecular weight is 208 g/mol. The molecular formula is C9H12N4O2. The fraction of sp³-hybridized carbons (Fsp3) is 0.444. The van der Waals surface area contributed by atoms with Crippen molar-refractivity contribution in [1.29, 1.82) is 0 Å². The zero-order chi connectivity index (χ0) is 10.5. The Morgan fingerprint density at radius 2 is 2.00 bits per heavy atom. The number of nitrogens with one attached hydrogen (secondary N) is 1. The zero-order valence-electron chi connectivity index (χ0n) is 8.22. The van der Waals surface area contributed by atoms with Crippen LogP contribution in [-0.4, -0.2) is 42.7 Å². The van der Waals surface area contributed by atoms with Crippen LogP contribution in [0.25, 0.3) is 0 Å². The van der Waals surface area contributed by atoms with E-state index in [0.29, 0.717) is 31.3 Å². The van der Waals surface area contributed by atoms with E-state index in [0.717, 1.165) is 13.1 Å². The van der Waals surface area contributed by atoms with Crippen molar-refractivity contribution in [3.8, 4) is 0 Å². The number of ether oxygens (including phenoxy) is 1. The van der Waals surface area contributed by atoms with Crippen molar-refractivity contribution in [2.45, 2.75) is 0 Å². The van der Waals surface area contributed by atoms with Crippen molar-refractivity contribution in [3.63, 3.8) is 0 Å². The Labute approximate surface area is 87.3 Å². The summed E-state index contributed by atoms with van der Waals surface area (Å²) >= 11 is 0. The Morgan fingerprint density at radius 1 is 1.33 bits per heavy atom. The minimum atomic E-state index is 0.599. The molecule has 1 amide bonds. The molecule has 1 saturated heterocycles. The van der Waals surface area contributed by atoms with Crippen LogP contribution >= 0.6 is 0 Å². The molecule has 0 aromatic carbocycles. The predicted molar refractivity (Wildman–Crippen MR) is 54.8 cm³/mol. The molecule has 0 radical (unpaired) electrons. The van der Waals surface area contributed by atoms with Gasteiger partial charge in [-0.2, -0.15) is 0 Å². The number of morpholine rings is 1. The number of hydrogen-bond donors (Lipinski definition) is 1. The second-order valence-electron chi connectivity index (χ2n) is 3.13. The summed E-state index contributed by atoms with van der Waals surface area (Å²) in [5, 5.41) is 2.49. The topological polar surface area (TPSA) is 67.4 Å². The molecule has 6 nitrogen and oxygen atoms in total. The lowest BCUT2D eigenvalue weighted by molar-refractivity contribution is -0.105. The van der Waals surface area contributed by atoms with Gasteiger partial charge in [-0.15, -0.1) is 0 Å². The number of carbonyl (C=O) groups excluding carboxylic acids is 1. The van der Waals surface area contributed by atoms with E-state index in [1.165, 1.54) is 0 Å². The van der Waals surface area contributed by atoms with Crippen LogP contribution in [0.4, 0.5) is 11.6 Å². The third-order valence-electron chi connectivity index (χ3n) is 2.16. The predicted octanol–water partition coefficient (Wildman–Crippen LogP) is -0.119. The van der Waals surface area contributed by atoms with Crippen LogP contribution in [0.1, 0.15) is 0 Å². The number of aromatic nitrogens is 2. The van der Waals surface area contributed by atoms with Gasteiger partial charge in [-0.1, -0.05) is 0 Å². The van der Waals surface area contributed by atoms with E-state index < -0.39 is 0 Å². The summed E-state index contributed by atoms with van der Waals surface area (Å²) in [4.78, 5) is 20.5. The lowest BCUT2D eigenvalue weighted by atomic mass is 10.4. The average Bonchev–Trinajstić information content (AvgIpc) is 2.32. The van der Waals surface area contributed by atoms with Gasteiger partial charge in [-0.3, -0.25) is 4.79 Å². The van der Waals surface area contributed by atoms with Crippen molar-refractivity contribution in [2.75, 3.05) is 36.5 Å². The molecule has 0 atom stereocenters. The van der Waals surface area contributed by atoms with Gasteiger partial charge in [0.05, 0.1) is 31.3 Å². The van der Waals surface area contributed by atoms with Gasteiger partial charge in [-0.25, -0.2) is 9.97 Å². The summed E-state index contributed by atoms with van der Waals surface area (Å²) in [7, 11) is 0. The molecule has 1 N–H and O–H groups in total. The normalized spacial score (nSPS) is 16.1. The molecule has 0 unspecified atom stereocenters. The van der Waals surface area contributed by atoms with Gasteiger partial charge in [0.2, 0.25) is 12.4 Å². The Hall–Kier alpha value is -1.69. The Kier molecular flexibility index (Phi) is 3.08. The molecule has 0 aliphatic carbocycles. The minimum Gasteiger partial charge on any atom is -0.378 e. The molecule has 1 aliphatic rings. The van der Waals surface area contributed by atoms with E-state index in [4.69, 9.17) is 4.74 Å². The summed E-state index contributed by atoms with van der Waals surface area (Å²) < 4.78 is 5.23. The molecule has 80 valence electrons. The first-order valence-electron chi connectivity index (χ1n) is 4.75. The second-order valence-corrected chi connectivity index (χ2v) is 3.13. The summed E-state index contributed by atoms with van der Waals surface area (Å²) in [5.74, 6) is 0.676. The summed E-state index contributed by atoms with van der Waals surface area (Å²) in [5.41, 5.74) is 0.599. The van der Waals surface area contributed by atoms with Crippen LogP contribution in [0.3, 0.4) is 0 Å². The highest BCUT2D eigenvalue weighted by atomic mass is 16.5. The number of carbonyl (C=O) groups is 1. The van der Waals surface area contributed by atoms with Crippen LogP contribution < -0.4 is 10.2 Å². The van der Waals surface area contributed by atoms with Crippen LogP contribution in [0.5, 0.6) is 0 Å². The number of amides is 1. The molecule has 0 bridgehead atoms. The lowest BCUT2D eigenvalue weighted by Gasteiger charge is -2.26. The SMILES string of the molecule is O=CNc1cnc(N2CCOCC2)nc1. The van der Waals surface area contributed by atoms with Gasteiger partial charge in [0.25, 0.3) is 0 Å². The number of rotatable bonds is 3. The quantitative estimate of drug-likeness (QED) is 0.701. The highest BCUT2D eigenvalue weighted by molar-refractivity contribution is 5.70. The molecule has 0 saturated carbocycles. The fourth-order valence-corrected chi connectivity index (χ4v) is 1.39. The monoisotopic (exact) mass is 208 g/mol. The van der Waals surface area contributed by atoms with E-state index in [1.807, 2.05) is 4.90 Å². The molecule has 1 fully saturated rings. The molecule has 2 heterocycles.